The summed E-state index contributed by atoms with van der Waals surface area (Å²) in [5.74, 6) is -3.29. The molecule has 0 aliphatic carbocycles. The average Bonchev–Trinajstić information content (AvgIpc) is 2.90. The Morgan fingerprint density at radius 1 is 0.892 bits per heavy atom. The summed E-state index contributed by atoms with van der Waals surface area (Å²) in [6.45, 7) is 3.50. The van der Waals surface area contributed by atoms with Gasteiger partial charge in [-0.3, -0.25) is 19.6 Å². The zero-order valence-electron chi connectivity index (χ0n) is 21.7. The summed E-state index contributed by atoms with van der Waals surface area (Å²) in [4.78, 5) is 38.9. The van der Waals surface area contributed by atoms with E-state index in [4.69, 9.17) is 10.9 Å². The Morgan fingerprint density at radius 3 is 2.11 bits per heavy atom. The van der Waals surface area contributed by atoms with E-state index in [-0.39, 0.29) is 18.4 Å². The van der Waals surface area contributed by atoms with E-state index in [2.05, 4.69) is 10.6 Å². The molecule has 0 radical (unpaired) electrons. The minimum absolute atomic E-state index is 0.165. The fraction of sp³-hybridized carbons (Fsp3) is 0.464. The van der Waals surface area contributed by atoms with E-state index in [0.29, 0.717) is 38.6 Å². The highest BCUT2D eigenvalue weighted by Gasteiger charge is 2.44. The molecule has 0 fully saturated rings. The van der Waals surface area contributed by atoms with Gasteiger partial charge in [-0.1, -0.05) is 60.7 Å². The number of nitrogens with one attached hydrogen (secondary N) is 3. The Balaban J connectivity index is 2.17. The van der Waals surface area contributed by atoms with Gasteiger partial charge in [0.1, 0.15) is 6.04 Å². The van der Waals surface area contributed by atoms with Gasteiger partial charge in [0.15, 0.2) is 5.60 Å². The molecule has 7 N–H and O–H groups in total. The second kappa shape index (κ2) is 15.1. The minimum atomic E-state index is -2.19. The number of aliphatic hydroxyl groups is 1. The summed E-state index contributed by atoms with van der Waals surface area (Å²) in [6, 6.07) is 17.9. The van der Waals surface area contributed by atoms with Gasteiger partial charge in [0.25, 0.3) is 5.91 Å². The average molecular weight is 513 g/mol. The third-order valence-electron chi connectivity index (χ3n) is 6.60. The Kier molecular flexibility index (Phi) is 12.2. The zero-order chi connectivity index (χ0) is 27.3. The summed E-state index contributed by atoms with van der Waals surface area (Å²) in [5, 5.41) is 25.8. The lowest BCUT2D eigenvalue weighted by Crippen LogP contribution is -2.57. The van der Waals surface area contributed by atoms with E-state index in [1.165, 1.54) is 12.4 Å². The van der Waals surface area contributed by atoms with Crippen LogP contribution < -0.4 is 21.8 Å². The van der Waals surface area contributed by atoms with Crippen molar-refractivity contribution in [3.63, 3.8) is 0 Å². The van der Waals surface area contributed by atoms with Crippen LogP contribution in [0.15, 0.2) is 60.7 Å². The molecule has 0 spiro atoms. The number of carbonyl (C=O) groups is 3. The first-order valence-electron chi connectivity index (χ1n) is 12.8. The quantitative estimate of drug-likeness (QED) is 0.122. The minimum Gasteiger partial charge on any atom is -0.379 e. The van der Waals surface area contributed by atoms with Crippen LogP contribution in [0.5, 0.6) is 0 Å². The molecule has 2 aromatic rings. The van der Waals surface area contributed by atoms with E-state index in [9.17, 15) is 19.5 Å². The van der Waals surface area contributed by atoms with Crippen molar-refractivity contribution in [3.05, 3.63) is 71.8 Å². The predicted octanol–water partition coefficient (Wildman–Crippen LogP) is 2.37. The molecule has 0 aromatic heterocycles. The van der Waals surface area contributed by atoms with Crippen molar-refractivity contribution >= 4 is 17.7 Å². The van der Waals surface area contributed by atoms with Crippen molar-refractivity contribution < 1.29 is 24.7 Å². The van der Waals surface area contributed by atoms with Crippen LogP contribution >= 0.6 is 0 Å². The zero-order valence-corrected chi connectivity index (χ0v) is 21.7. The Bertz CT molecular complexity index is 985. The number of carbonyl (C=O) groups excluding carboxylic acids is 3. The molecule has 37 heavy (non-hydrogen) atoms. The third-order valence-corrected chi connectivity index (χ3v) is 6.60. The van der Waals surface area contributed by atoms with E-state index in [1.807, 2.05) is 67.6 Å². The Labute approximate surface area is 218 Å². The van der Waals surface area contributed by atoms with Gasteiger partial charge in [-0.15, -0.1) is 0 Å². The summed E-state index contributed by atoms with van der Waals surface area (Å²) in [7, 11) is 0. The maximum absolute atomic E-state index is 13.4. The molecule has 9 nitrogen and oxygen atoms in total. The number of rotatable bonds is 15. The molecular weight excluding hydrogens is 472 g/mol. The number of hydroxylamine groups is 1. The molecule has 2 rings (SSSR count). The molecule has 0 unspecified atom stereocenters. The molecule has 9 heteroatoms. The molecule has 0 bridgehead atoms. The second-order valence-electron chi connectivity index (χ2n) is 9.51. The lowest BCUT2D eigenvalue weighted by atomic mass is 9.83. The maximum atomic E-state index is 13.4. The summed E-state index contributed by atoms with van der Waals surface area (Å²) < 4.78 is 0. The SMILES string of the molecule is C[C@@H](NC(=O)[C@H](CCCCN)NC(=O)[C@H](CCCc1ccccc1)[C@@](C)(O)C(=O)NO)c1ccccc1. The highest BCUT2D eigenvalue weighted by molar-refractivity contribution is 5.94. The topological polar surface area (TPSA) is 154 Å². The van der Waals surface area contributed by atoms with E-state index < -0.39 is 29.4 Å². The predicted molar refractivity (Wildman–Crippen MR) is 141 cm³/mol. The highest BCUT2D eigenvalue weighted by atomic mass is 16.5. The molecule has 3 amide bonds. The van der Waals surface area contributed by atoms with Gasteiger partial charge in [0.2, 0.25) is 11.8 Å². The smallest absolute Gasteiger partial charge is 0.275 e. The fourth-order valence-corrected chi connectivity index (χ4v) is 4.27. The van der Waals surface area contributed by atoms with Crippen LogP contribution in [-0.4, -0.2) is 46.2 Å². The summed E-state index contributed by atoms with van der Waals surface area (Å²) >= 11 is 0. The van der Waals surface area contributed by atoms with Gasteiger partial charge in [-0.2, -0.15) is 0 Å². The van der Waals surface area contributed by atoms with Crippen molar-refractivity contribution in [2.45, 2.75) is 70.1 Å². The Hall–Kier alpha value is -3.27. The first-order chi connectivity index (χ1) is 17.7. The third kappa shape index (κ3) is 9.27. The van der Waals surface area contributed by atoms with Crippen LogP contribution in [0.3, 0.4) is 0 Å². The molecule has 0 saturated carbocycles. The van der Waals surface area contributed by atoms with Crippen LogP contribution in [0.2, 0.25) is 0 Å². The highest BCUT2D eigenvalue weighted by Crippen LogP contribution is 2.25. The van der Waals surface area contributed by atoms with Crippen molar-refractivity contribution in [2.24, 2.45) is 11.7 Å². The van der Waals surface area contributed by atoms with Crippen LogP contribution in [0.25, 0.3) is 0 Å². The molecule has 0 aliphatic rings. The fourth-order valence-electron chi connectivity index (χ4n) is 4.27. The van der Waals surface area contributed by atoms with Crippen molar-refractivity contribution in [2.75, 3.05) is 6.54 Å². The van der Waals surface area contributed by atoms with Gasteiger partial charge in [0.05, 0.1) is 12.0 Å². The van der Waals surface area contributed by atoms with Gasteiger partial charge in [-0.05, 0) is 70.0 Å². The van der Waals surface area contributed by atoms with Gasteiger partial charge < -0.3 is 21.5 Å². The van der Waals surface area contributed by atoms with Crippen LogP contribution in [0.4, 0.5) is 0 Å². The van der Waals surface area contributed by atoms with Gasteiger partial charge in [0, 0.05) is 0 Å². The van der Waals surface area contributed by atoms with Crippen LogP contribution in [0.1, 0.15) is 63.1 Å². The van der Waals surface area contributed by atoms with Crippen molar-refractivity contribution in [1.82, 2.24) is 16.1 Å². The number of benzene rings is 2. The van der Waals surface area contributed by atoms with Crippen LogP contribution in [-0.2, 0) is 20.8 Å². The van der Waals surface area contributed by atoms with E-state index in [1.54, 1.807) is 0 Å². The largest absolute Gasteiger partial charge is 0.379 e. The van der Waals surface area contributed by atoms with Crippen LogP contribution in [0, 0.1) is 5.92 Å². The van der Waals surface area contributed by atoms with Gasteiger partial charge in [-0.25, -0.2) is 5.48 Å². The monoisotopic (exact) mass is 512 g/mol. The maximum Gasteiger partial charge on any atom is 0.275 e. The second-order valence-corrected chi connectivity index (χ2v) is 9.51. The molecule has 0 heterocycles. The van der Waals surface area contributed by atoms with Crippen molar-refractivity contribution in [1.29, 1.82) is 0 Å². The molecule has 0 aliphatic heterocycles. The normalized spacial score (nSPS) is 15.1. The number of hydrogen-bond acceptors (Lipinski definition) is 6. The molecule has 2 aromatic carbocycles. The van der Waals surface area contributed by atoms with Gasteiger partial charge >= 0.3 is 0 Å². The standard InChI is InChI=1S/C28H40N4O5/c1-20(22-15-7-4-8-16-22)30-26(34)24(18-9-10-19-29)31-25(33)23(28(2,36)27(35)32-37)17-11-14-21-12-5-3-6-13-21/h3-8,12-13,15-16,20,23-24,36-37H,9-11,14,17-19,29H2,1-2H3,(H,30,34)(H,31,33)(H,32,35)/t20-,23+,24+,28-/m1/s1. The number of hydrogen-bond donors (Lipinski definition) is 6. The first kappa shape index (κ1) is 30.0. The first-order valence-corrected chi connectivity index (χ1v) is 12.8. The lowest BCUT2D eigenvalue weighted by molar-refractivity contribution is -0.159. The molecule has 0 saturated heterocycles. The number of aryl methyl sites for hydroxylation is 1. The molecule has 4 atom stereocenters. The summed E-state index contributed by atoms with van der Waals surface area (Å²) in [6.07, 6.45) is 2.95. The van der Waals surface area contributed by atoms with Crippen molar-refractivity contribution in [3.8, 4) is 0 Å². The number of unbranched alkanes of at least 4 members (excludes halogenated alkanes) is 1. The number of amides is 3. The molecular formula is C28H40N4O5. The lowest BCUT2D eigenvalue weighted by Gasteiger charge is -2.31. The van der Waals surface area contributed by atoms with E-state index >= 15 is 0 Å². The number of nitrogens with two attached hydrogens (primary N) is 1. The molecule has 202 valence electrons. The Morgan fingerprint density at radius 2 is 1.51 bits per heavy atom. The van der Waals surface area contributed by atoms with E-state index in [0.717, 1.165) is 11.1 Å². The summed E-state index contributed by atoms with van der Waals surface area (Å²) in [5.41, 5.74) is 6.85.